The van der Waals surface area contributed by atoms with Crippen molar-refractivity contribution < 1.29 is 0 Å². The summed E-state index contributed by atoms with van der Waals surface area (Å²) >= 11 is 0. The first-order chi connectivity index (χ1) is 5.36. The van der Waals surface area contributed by atoms with Crippen LogP contribution in [0.15, 0.2) is 36.0 Å². The molecule has 0 bridgehead atoms. The van der Waals surface area contributed by atoms with Gasteiger partial charge in [-0.15, -0.1) is 0 Å². The molecule has 1 aliphatic carbocycles. The largest absolute Gasteiger partial charge is 0.0988 e. The Morgan fingerprint density at radius 1 is 1.64 bits per heavy atom. The highest BCUT2D eigenvalue weighted by atomic mass is 14.1. The molecule has 0 aromatic heterocycles. The third-order valence-corrected chi connectivity index (χ3v) is 2.05. The van der Waals surface area contributed by atoms with Crippen LogP contribution < -0.4 is 0 Å². The highest BCUT2D eigenvalue weighted by Gasteiger charge is 2.01. The van der Waals surface area contributed by atoms with Crippen LogP contribution in [-0.4, -0.2) is 0 Å². The maximum atomic E-state index is 3.76. The van der Waals surface area contributed by atoms with E-state index in [1.54, 1.807) is 0 Å². The van der Waals surface area contributed by atoms with E-state index in [-0.39, 0.29) is 0 Å². The fourth-order valence-electron chi connectivity index (χ4n) is 1.30. The molecular weight excluding hydrogens is 132 g/mol. The second-order valence-corrected chi connectivity index (χ2v) is 3.01. The predicted octanol–water partition coefficient (Wildman–Crippen LogP) is 3.62. The second-order valence-electron chi connectivity index (χ2n) is 3.01. The van der Waals surface area contributed by atoms with Crippen LogP contribution in [0.4, 0.5) is 0 Å². The van der Waals surface area contributed by atoms with E-state index >= 15 is 0 Å². The number of rotatable bonds is 4. The van der Waals surface area contributed by atoms with Crippen molar-refractivity contribution in [2.24, 2.45) is 0 Å². The highest BCUT2D eigenvalue weighted by Crippen LogP contribution is 2.21. The van der Waals surface area contributed by atoms with Gasteiger partial charge in [-0.3, -0.25) is 0 Å². The molecule has 0 nitrogen and oxygen atoms in total. The first-order valence-corrected chi connectivity index (χ1v) is 4.39. The second kappa shape index (κ2) is 4.17. The maximum Gasteiger partial charge on any atom is -0.00917 e. The minimum Gasteiger partial charge on any atom is -0.0988 e. The van der Waals surface area contributed by atoms with Gasteiger partial charge in [-0.25, -0.2) is 0 Å². The summed E-state index contributed by atoms with van der Waals surface area (Å²) in [6.45, 7) is 5.99. The van der Waals surface area contributed by atoms with Gasteiger partial charge in [0.2, 0.25) is 0 Å². The standard InChI is InChI=1S/C11H16/c1-3-5-6-11-8-7-10(4-2)9-11/h4,8-9H,2-3,5-7H2,1H3. The topological polar surface area (TPSA) is 0 Å². The molecule has 0 spiro atoms. The number of allylic oxidation sites excluding steroid dienone is 5. The molecule has 11 heavy (non-hydrogen) atoms. The minimum atomic E-state index is 1.10. The summed E-state index contributed by atoms with van der Waals surface area (Å²) in [6, 6.07) is 0. The van der Waals surface area contributed by atoms with Crippen LogP contribution in [0.25, 0.3) is 0 Å². The SMILES string of the molecule is C=CC1=CC(CCCC)=CC1. The normalized spacial score (nSPS) is 16.1. The molecule has 0 aliphatic heterocycles. The summed E-state index contributed by atoms with van der Waals surface area (Å²) < 4.78 is 0. The Balaban J connectivity index is 2.37. The van der Waals surface area contributed by atoms with Crippen LogP contribution in [0.2, 0.25) is 0 Å². The molecule has 0 radical (unpaired) electrons. The predicted molar refractivity (Wildman–Crippen MR) is 50.5 cm³/mol. The van der Waals surface area contributed by atoms with Gasteiger partial charge in [0.15, 0.2) is 0 Å². The summed E-state index contributed by atoms with van der Waals surface area (Å²) in [5, 5.41) is 0. The van der Waals surface area contributed by atoms with Crippen molar-refractivity contribution in [3.63, 3.8) is 0 Å². The van der Waals surface area contributed by atoms with Crippen LogP contribution in [0.5, 0.6) is 0 Å². The van der Waals surface area contributed by atoms with E-state index in [2.05, 4.69) is 25.7 Å². The van der Waals surface area contributed by atoms with Crippen LogP contribution >= 0.6 is 0 Å². The van der Waals surface area contributed by atoms with Crippen molar-refractivity contribution >= 4 is 0 Å². The molecule has 0 saturated carbocycles. The number of unbranched alkanes of at least 4 members (excludes halogenated alkanes) is 1. The third-order valence-electron chi connectivity index (χ3n) is 2.05. The van der Waals surface area contributed by atoms with Crippen LogP contribution in [0.3, 0.4) is 0 Å². The zero-order valence-corrected chi connectivity index (χ0v) is 7.27. The first kappa shape index (κ1) is 8.32. The summed E-state index contributed by atoms with van der Waals surface area (Å²) in [4.78, 5) is 0. The van der Waals surface area contributed by atoms with Crippen LogP contribution in [0, 0.1) is 0 Å². The fourth-order valence-corrected chi connectivity index (χ4v) is 1.30. The van der Waals surface area contributed by atoms with Gasteiger partial charge in [0.1, 0.15) is 0 Å². The lowest BCUT2D eigenvalue weighted by atomic mass is 10.1. The van der Waals surface area contributed by atoms with Gasteiger partial charge in [0.05, 0.1) is 0 Å². The summed E-state index contributed by atoms with van der Waals surface area (Å²) in [5.41, 5.74) is 2.87. The van der Waals surface area contributed by atoms with Crippen molar-refractivity contribution in [1.29, 1.82) is 0 Å². The quantitative estimate of drug-likeness (QED) is 0.571. The maximum absolute atomic E-state index is 3.76. The highest BCUT2D eigenvalue weighted by molar-refractivity contribution is 5.37. The molecule has 0 amide bonds. The van der Waals surface area contributed by atoms with E-state index < -0.39 is 0 Å². The van der Waals surface area contributed by atoms with Gasteiger partial charge in [-0.2, -0.15) is 0 Å². The molecular formula is C11H16. The Labute approximate surface area is 69.3 Å². The van der Waals surface area contributed by atoms with Crippen molar-refractivity contribution in [3.8, 4) is 0 Å². The molecule has 0 atom stereocenters. The van der Waals surface area contributed by atoms with Crippen molar-refractivity contribution in [2.45, 2.75) is 32.6 Å². The summed E-state index contributed by atoms with van der Waals surface area (Å²) in [6.07, 6.45) is 11.5. The molecule has 0 heterocycles. The molecule has 0 aromatic carbocycles. The average molecular weight is 148 g/mol. The lowest BCUT2D eigenvalue weighted by Crippen LogP contribution is -1.74. The van der Waals surface area contributed by atoms with Gasteiger partial charge < -0.3 is 0 Å². The molecule has 0 aromatic rings. The number of hydrogen-bond acceptors (Lipinski definition) is 0. The van der Waals surface area contributed by atoms with E-state index in [4.69, 9.17) is 0 Å². The van der Waals surface area contributed by atoms with E-state index in [1.807, 2.05) is 6.08 Å². The fraction of sp³-hybridized carbons (Fsp3) is 0.455. The third kappa shape index (κ3) is 2.38. The van der Waals surface area contributed by atoms with E-state index in [0.29, 0.717) is 0 Å². The van der Waals surface area contributed by atoms with Crippen molar-refractivity contribution in [1.82, 2.24) is 0 Å². The van der Waals surface area contributed by atoms with E-state index in [1.165, 1.54) is 30.4 Å². The zero-order valence-electron chi connectivity index (χ0n) is 7.27. The molecule has 60 valence electrons. The Kier molecular flexibility index (Phi) is 3.15. The molecule has 0 N–H and O–H groups in total. The Morgan fingerprint density at radius 3 is 3.00 bits per heavy atom. The average Bonchev–Trinajstić information content (AvgIpc) is 2.48. The minimum absolute atomic E-state index is 1.10. The van der Waals surface area contributed by atoms with Gasteiger partial charge >= 0.3 is 0 Å². The molecule has 0 saturated heterocycles. The van der Waals surface area contributed by atoms with E-state index in [0.717, 1.165) is 6.42 Å². The molecule has 0 fully saturated rings. The Morgan fingerprint density at radius 2 is 2.45 bits per heavy atom. The molecule has 0 unspecified atom stereocenters. The van der Waals surface area contributed by atoms with Gasteiger partial charge in [0, 0.05) is 0 Å². The van der Waals surface area contributed by atoms with Crippen molar-refractivity contribution in [3.05, 3.63) is 36.0 Å². The molecule has 1 aliphatic rings. The lowest BCUT2D eigenvalue weighted by molar-refractivity contribution is 0.798. The summed E-state index contributed by atoms with van der Waals surface area (Å²) in [5.74, 6) is 0. The Bertz CT molecular complexity index is 194. The molecule has 0 heteroatoms. The zero-order chi connectivity index (χ0) is 8.10. The van der Waals surface area contributed by atoms with E-state index in [9.17, 15) is 0 Å². The Hall–Kier alpha value is -0.780. The van der Waals surface area contributed by atoms with Crippen molar-refractivity contribution in [2.75, 3.05) is 0 Å². The smallest absolute Gasteiger partial charge is 0.00917 e. The van der Waals surface area contributed by atoms with Gasteiger partial charge in [-0.05, 0) is 24.8 Å². The van der Waals surface area contributed by atoms with Crippen LogP contribution in [0.1, 0.15) is 32.6 Å². The first-order valence-electron chi connectivity index (χ1n) is 4.39. The molecule has 1 rings (SSSR count). The van der Waals surface area contributed by atoms with Gasteiger partial charge in [0.25, 0.3) is 0 Å². The van der Waals surface area contributed by atoms with Gasteiger partial charge in [-0.1, -0.05) is 43.7 Å². The monoisotopic (exact) mass is 148 g/mol. The lowest BCUT2D eigenvalue weighted by Gasteiger charge is -1.94. The summed E-state index contributed by atoms with van der Waals surface area (Å²) in [7, 11) is 0. The number of hydrogen-bond donors (Lipinski definition) is 0. The van der Waals surface area contributed by atoms with Crippen LogP contribution in [-0.2, 0) is 0 Å².